The van der Waals surface area contributed by atoms with E-state index in [2.05, 4.69) is 20.4 Å². The van der Waals surface area contributed by atoms with Gasteiger partial charge in [0.15, 0.2) is 0 Å². The van der Waals surface area contributed by atoms with Crippen LogP contribution in [0.4, 0.5) is 20.4 Å². The second-order valence-corrected chi connectivity index (χ2v) is 10.3. The molecule has 4 heterocycles. The Bertz CT molecular complexity index is 1450. The Kier molecular flexibility index (Phi) is 6.55. The van der Waals surface area contributed by atoms with Gasteiger partial charge in [-0.05, 0) is 66.6 Å². The summed E-state index contributed by atoms with van der Waals surface area (Å²) in [4.78, 5) is 8.74. The molecule has 4 N–H and O–H groups in total. The number of rotatable bonds is 5. The molecule has 2 aliphatic rings. The van der Waals surface area contributed by atoms with Crippen molar-refractivity contribution in [3.05, 3.63) is 71.7 Å². The molecule has 38 heavy (non-hydrogen) atoms. The number of nitrogens with zero attached hydrogens (tertiary/aromatic N) is 4. The minimum absolute atomic E-state index is 0.115. The van der Waals surface area contributed by atoms with Gasteiger partial charge in [0, 0.05) is 38.3 Å². The predicted molar refractivity (Wildman–Crippen MR) is 139 cm³/mol. The molecule has 10 heteroatoms. The number of nitrogens with one attached hydrogen (secondary N) is 1. The summed E-state index contributed by atoms with van der Waals surface area (Å²) in [7, 11) is 0. The van der Waals surface area contributed by atoms with Gasteiger partial charge in [-0.25, -0.2) is 13.8 Å². The van der Waals surface area contributed by atoms with Crippen LogP contribution in [0, 0.1) is 11.6 Å². The number of nitrogens with two attached hydrogens (primary N) is 1. The summed E-state index contributed by atoms with van der Waals surface area (Å²) in [5, 5.41) is 18.8. The minimum Gasteiger partial charge on any atom is -0.385 e. The Balaban J connectivity index is 1.34. The molecule has 198 valence electrons. The predicted octanol–water partition coefficient (Wildman–Crippen LogP) is 4.80. The Labute approximate surface area is 218 Å². The molecule has 6 rings (SSSR count). The summed E-state index contributed by atoms with van der Waals surface area (Å²) in [6.07, 6.45) is 9.78. The van der Waals surface area contributed by atoms with Crippen LogP contribution in [-0.4, -0.2) is 43.9 Å². The molecule has 2 atom stereocenters. The van der Waals surface area contributed by atoms with Crippen LogP contribution < -0.4 is 11.1 Å². The zero-order valence-electron chi connectivity index (χ0n) is 20.9. The van der Waals surface area contributed by atoms with Crippen molar-refractivity contribution < 1.29 is 18.6 Å². The topological polar surface area (TPSA) is 111 Å². The van der Waals surface area contributed by atoms with Crippen molar-refractivity contribution >= 4 is 17.2 Å². The summed E-state index contributed by atoms with van der Waals surface area (Å²) < 4.78 is 37.4. The fourth-order valence-electron chi connectivity index (χ4n) is 5.68. The van der Waals surface area contributed by atoms with Gasteiger partial charge in [-0.1, -0.05) is 6.42 Å². The molecular weight excluding hydrogens is 490 g/mol. The van der Waals surface area contributed by atoms with E-state index in [0.717, 1.165) is 36.9 Å². The van der Waals surface area contributed by atoms with Crippen LogP contribution in [-0.2, 0) is 10.3 Å². The van der Waals surface area contributed by atoms with Gasteiger partial charge in [-0.2, -0.15) is 9.61 Å². The van der Waals surface area contributed by atoms with Gasteiger partial charge in [0.2, 0.25) is 5.95 Å². The van der Waals surface area contributed by atoms with Gasteiger partial charge < -0.3 is 20.9 Å². The second kappa shape index (κ2) is 10.0. The molecule has 8 nitrogen and oxygen atoms in total. The smallest absolute Gasteiger partial charge is 0.229 e. The molecule has 2 fully saturated rings. The largest absolute Gasteiger partial charge is 0.385 e. The highest BCUT2D eigenvalue weighted by molar-refractivity contribution is 5.66. The molecule has 0 amide bonds. The van der Waals surface area contributed by atoms with Gasteiger partial charge in [0.25, 0.3) is 0 Å². The van der Waals surface area contributed by atoms with Gasteiger partial charge in [0.05, 0.1) is 40.5 Å². The molecule has 0 spiro atoms. The van der Waals surface area contributed by atoms with E-state index in [1.165, 1.54) is 16.6 Å². The van der Waals surface area contributed by atoms with Crippen molar-refractivity contribution in [1.82, 2.24) is 19.6 Å². The third kappa shape index (κ3) is 4.63. The number of aromatic nitrogens is 4. The number of hydrogen-bond donors (Lipinski definition) is 3. The minimum atomic E-state index is -1.32. The quantitative estimate of drug-likeness (QED) is 0.347. The molecule has 1 saturated carbocycles. The van der Waals surface area contributed by atoms with Crippen molar-refractivity contribution in [2.45, 2.75) is 56.1 Å². The van der Waals surface area contributed by atoms with Crippen molar-refractivity contribution in [3.63, 3.8) is 0 Å². The highest BCUT2D eigenvalue weighted by Crippen LogP contribution is 2.38. The van der Waals surface area contributed by atoms with Crippen LogP contribution in [0.25, 0.3) is 16.8 Å². The Morgan fingerprint density at radius 3 is 2.63 bits per heavy atom. The van der Waals surface area contributed by atoms with Crippen molar-refractivity contribution in [3.8, 4) is 11.3 Å². The van der Waals surface area contributed by atoms with Gasteiger partial charge >= 0.3 is 0 Å². The third-order valence-corrected chi connectivity index (χ3v) is 7.80. The average Bonchev–Trinajstić information content (AvgIpc) is 3.31. The van der Waals surface area contributed by atoms with Crippen molar-refractivity contribution in [2.24, 2.45) is 5.73 Å². The monoisotopic (exact) mass is 520 g/mol. The average molecular weight is 521 g/mol. The van der Waals surface area contributed by atoms with E-state index >= 15 is 8.78 Å². The van der Waals surface area contributed by atoms with E-state index in [-0.39, 0.29) is 35.7 Å². The summed E-state index contributed by atoms with van der Waals surface area (Å²) in [6.45, 7) is 0.671. The van der Waals surface area contributed by atoms with E-state index < -0.39 is 17.2 Å². The van der Waals surface area contributed by atoms with Crippen LogP contribution in [0.2, 0.25) is 0 Å². The number of benzene rings is 1. The van der Waals surface area contributed by atoms with E-state index in [9.17, 15) is 5.11 Å². The van der Waals surface area contributed by atoms with Gasteiger partial charge in [0.1, 0.15) is 11.6 Å². The molecule has 3 aromatic heterocycles. The summed E-state index contributed by atoms with van der Waals surface area (Å²) in [5.41, 5.74) is 7.56. The second-order valence-electron chi connectivity index (χ2n) is 10.3. The van der Waals surface area contributed by atoms with Gasteiger partial charge in [-0.3, -0.25) is 4.98 Å². The first-order chi connectivity index (χ1) is 18.4. The molecule has 1 aromatic carbocycles. The van der Waals surface area contributed by atoms with Crippen LogP contribution in [0.5, 0.6) is 0 Å². The maximum absolute atomic E-state index is 15.3. The lowest BCUT2D eigenvalue weighted by Gasteiger charge is -2.32. The molecule has 0 radical (unpaired) electrons. The molecule has 0 unspecified atom stereocenters. The Morgan fingerprint density at radius 1 is 1.08 bits per heavy atom. The van der Waals surface area contributed by atoms with E-state index in [4.69, 9.17) is 10.5 Å². The fraction of sp³-hybridized carbons (Fsp3) is 0.393. The number of aliphatic hydroxyl groups is 1. The normalized spacial score (nSPS) is 21.5. The van der Waals surface area contributed by atoms with Crippen LogP contribution in [0.15, 0.2) is 48.9 Å². The van der Waals surface area contributed by atoms with Crippen molar-refractivity contribution in [1.29, 1.82) is 0 Å². The number of halogens is 2. The summed E-state index contributed by atoms with van der Waals surface area (Å²) in [6, 6.07) is 7.83. The SMILES string of the molecule is N[C@H]1CCC[C@@H](c2ccncc2Nc2ncc3ccc(-c4c(F)cc(C5(O)CCOCC5)cc4F)nn23)C1. The van der Waals surface area contributed by atoms with Gasteiger partial charge in [-0.15, -0.1) is 0 Å². The number of ether oxygens (including phenoxy) is 1. The number of hydrogen-bond acceptors (Lipinski definition) is 7. The number of fused-ring (bicyclic) bond motifs is 1. The number of pyridine rings is 1. The summed E-state index contributed by atoms with van der Waals surface area (Å²) in [5.74, 6) is -0.856. The maximum Gasteiger partial charge on any atom is 0.229 e. The first-order valence-electron chi connectivity index (χ1n) is 13.0. The molecule has 1 aliphatic carbocycles. The molecule has 0 bridgehead atoms. The molecule has 1 aliphatic heterocycles. The van der Waals surface area contributed by atoms with Crippen LogP contribution in [0.1, 0.15) is 55.6 Å². The Hall–Kier alpha value is -3.47. The highest BCUT2D eigenvalue weighted by Gasteiger charge is 2.33. The van der Waals surface area contributed by atoms with Crippen LogP contribution >= 0.6 is 0 Å². The zero-order chi connectivity index (χ0) is 26.3. The highest BCUT2D eigenvalue weighted by atomic mass is 19.1. The maximum atomic E-state index is 15.3. The molecule has 1 saturated heterocycles. The Morgan fingerprint density at radius 2 is 1.87 bits per heavy atom. The van der Waals surface area contributed by atoms with Crippen molar-refractivity contribution in [2.75, 3.05) is 18.5 Å². The first kappa shape index (κ1) is 24.8. The zero-order valence-corrected chi connectivity index (χ0v) is 20.9. The van der Waals surface area contributed by atoms with E-state index in [1.54, 1.807) is 30.7 Å². The van der Waals surface area contributed by atoms with E-state index in [0.29, 0.717) is 30.6 Å². The lowest BCUT2D eigenvalue weighted by atomic mass is 9.81. The summed E-state index contributed by atoms with van der Waals surface area (Å²) >= 11 is 0. The van der Waals surface area contributed by atoms with Crippen LogP contribution in [0.3, 0.4) is 0 Å². The molecule has 4 aromatic rings. The lowest BCUT2D eigenvalue weighted by molar-refractivity contribution is -0.0682. The first-order valence-corrected chi connectivity index (χ1v) is 13.0. The van der Waals surface area contributed by atoms with E-state index in [1.807, 2.05) is 6.07 Å². The third-order valence-electron chi connectivity index (χ3n) is 7.80. The number of anilines is 2. The number of imidazole rings is 1. The standard InChI is InChI=1S/C28H30F2N6O2/c29-22-13-18(28(37)7-10-38-11-8-28)14-23(30)26(22)24-5-4-20-15-33-27(36(20)35-24)34-25-16-32-9-6-21(25)17-2-1-3-19(31)12-17/h4-6,9,13-17,19,37H,1-3,7-8,10-12,31H2,(H,33,34)/t17-,19+/m1/s1. The lowest BCUT2D eigenvalue weighted by Crippen LogP contribution is -2.33. The fourth-order valence-corrected chi connectivity index (χ4v) is 5.68. The molecular formula is C28H30F2N6O2.